The Morgan fingerprint density at radius 2 is 1.76 bits per heavy atom. The summed E-state index contributed by atoms with van der Waals surface area (Å²) in [5.41, 5.74) is 1.06. The summed E-state index contributed by atoms with van der Waals surface area (Å²) >= 11 is 11.7. The predicted molar refractivity (Wildman–Crippen MR) is 82.2 cm³/mol. The Morgan fingerprint density at radius 3 is 2.43 bits per heavy atom. The summed E-state index contributed by atoms with van der Waals surface area (Å²) in [6.45, 7) is 0. The third-order valence-electron chi connectivity index (χ3n) is 2.80. The first kappa shape index (κ1) is 15.4. The SMILES string of the molecule is O=C(Cc1ccccc1C(=O)O)Nc1ccc(Cl)c(Cl)c1. The van der Waals surface area contributed by atoms with E-state index in [0.29, 0.717) is 21.3 Å². The molecule has 2 N–H and O–H groups in total. The van der Waals surface area contributed by atoms with Crippen molar-refractivity contribution in [2.75, 3.05) is 5.32 Å². The molecular weight excluding hydrogens is 313 g/mol. The first-order chi connectivity index (χ1) is 9.97. The maximum absolute atomic E-state index is 12.0. The van der Waals surface area contributed by atoms with Crippen molar-refractivity contribution in [2.24, 2.45) is 0 Å². The molecule has 0 atom stereocenters. The van der Waals surface area contributed by atoms with Crippen LogP contribution in [0.2, 0.25) is 10.0 Å². The molecule has 1 amide bonds. The number of carboxylic acid groups (broad SMARTS) is 1. The van der Waals surface area contributed by atoms with Crippen LogP contribution in [0.5, 0.6) is 0 Å². The largest absolute Gasteiger partial charge is 0.478 e. The van der Waals surface area contributed by atoms with E-state index in [-0.39, 0.29) is 17.9 Å². The molecule has 0 aliphatic heterocycles. The number of benzene rings is 2. The first-order valence-corrected chi connectivity index (χ1v) is 6.79. The highest BCUT2D eigenvalue weighted by Crippen LogP contribution is 2.25. The molecule has 0 radical (unpaired) electrons. The molecule has 4 nitrogen and oxygen atoms in total. The van der Waals surface area contributed by atoms with Crippen LogP contribution in [0.3, 0.4) is 0 Å². The minimum Gasteiger partial charge on any atom is -0.478 e. The number of halogens is 2. The van der Waals surface area contributed by atoms with Gasteiger partial charge in [0.15, 0.2) is 0 Å². The van der Waals surface area contributed by atoms with Crippen molar-refractivity contribution < 1.29 is 14.7 Å². The number of rotatable bonds is 4. The Morgan fingerprint density at radius 1 is 1.05 bits per heavy atom. The van der Waals surface area contributed by atoms with Crippen LogP contribution in [0.25, 0.3) is 0 Å². The number of carboxylic acids is 1. The van der Waals surface area contributed by atoms with E-state index in [4.69, 9.17) is 28.3 Å². The minimum absolute atomic E-state index is 0.0390. The van der Waals surface area contributed by atoms with Gasteiger partial charge in [0, 0.05) is 5.69 Å². The molecular formula is C15H11Cl2NO3. The number of amides is 1. The Kier molecular flexibility index (Phi) is 4.83. The van der Waals surface area contributed by atoms with Crippen LogP contribution < -0.4 is 5.32 Å². The van der Waals surface area contributed by atoms with Gasteiger partial charge in [-0.15, -0.1) is 0 Å². The van der Waals surface area contributed by atoms with Crippen LogP contribution in [0.1, 0.15) is 15.9 Å². The molecule has 2 aromatic rings. The fourth-order valence-corrected chi connectivity index (χ4v) is 2.13. The molecule has 0 aromatic heterocycles. The van der Waals surface area contributed by atoms with E-state index in [9.17, 15) is 9.59 Å². The third-order valence-corrected chi connectivity index (χ3v) is 3.54. The smallest absolute Gasteiger partial charge is 0.335 e. The molecule has 2 aromatic carbocycles. The molecule has 2 rings (SSSR count). The highest BCUT2D eigenvalue weighted by molar-refractivity contribution is 6.42. The van der Waals surface area contributed by atoms with Crippen LogP contribution in [0.4, 0.5) is 5.69 Å². The summed E-state index contributed by atoms with van der Waals surface area (Å²) in [5.74, 6) is -1.39. The zero-order valence-electron chi connectivity index (χ0n) is 10.8. The first-order valence-electron chi connectivity index (χ1n) is 6.03. The molecule has 0 bridgehead atoms. The van der Waals surface area contributed by atoms with Gasteiger partial charge in [-0.05, 0) is 29.8 Å². The van der Waals surface area contributed by atoms with E-state index in [1.54, 1.807) is 30.3 Å². The Balaban J connectivity index is 2.12. The predicted octanol–water partition coefficient (Wildman–Crippen LogP) is 3.87. The second kappa shape index (κ2) is 6.61. The molecule has 0 saturated heterocycles. The Hall–Kier alpha value is -2.04. The highest BCUT2D eigenvalue weighted by Gasteiger charge is 2.12. The zero-order valence-corrected chi connectivity index (χ0v) is 12.3. The topological polar surface area (TPSA) is 66.4 Å². The molecule has 0 aliphatic carbocycles. The van der Waals surface area contributed by atoms with E-state index >= 15 is 0 Å². The van der Waals surface area contributed by atoms with Gasteiger partial charge >= 0.3 is 5.97 Å². The van der Waals surface area contributed by atoms with E-state index in [0.717, 1.165) is 0 Å². The average Bonchev–Trinajstić information content (AvgIpc) is 2.43. The van der Waals surface area contributed by atoms with Crippen molar-refractivity contribution in [3.63, 3.8) is 0 Å². The summed E-state index contributed by atoms with van der Waals surface area (Å²) in [4.78, 5) is 23.1. The van der Waals surface area contributed by atoms with Crippen LogP contribution in [0.15, 0.2) is 42.5 Å². The van der Waals surface area contributed by atoms with Crippen molar-refractivity contribution in [3.05, 3.63) is 63.6 Å². The van der Waals surface area contributed by atoms with Crippen LogP contribution in [0, 0.1) is 0 Å². The highest BCUT2D eigenvalue weighted by atomic mass is 35.5. The second-order valence-corrected chi connectivity index (χ2v) is 5.13. The van der Waals surface area contributed by atoms with Crippen molar-refractivity contribution >= 4 is 40.8 Å². The molecule has 0 unspecified atom stereocenters. The maximum Gasteiger partial charge on any atom is 0.335 e. The van der Waals surface area contributed by atoms with Gasteiger partial charge in [-0.1, -0.05) is 41.4 Å². The fraction of sp³-hybridized carbons (Fsp3) is 0.0667. The quantitative estimate of drug-likeness (QED) is 0.897. The van der Waals surface area contributed by atoms with Crippen molar-refractivity contribution in [1.29, 1.82) is 0 Å². The molecule has 0 heterocycles. The summed E-state index contributed by atoms with van der Waals surface area (Å²) in [5, 5.41) is 12.4. The summed E-state index contributed by atoms with van der Waals surface area (Å²) in [6.07, 6.45) is -0.0390. The number of aromatic carboxylic acids is 1. The van der Waals surface area contributed by atoms with E-state index < -0.39 is 5.97 Å². The third kappa shape index (κ3) is 3.97. The van der Waals surface area contributed by atoms with Crippen LogP contribution in [-0.4, -0.2) is 17.0 Å². The van der Waals surface area contributed by atoms with Crippen molar-refractivity contribution in [2.45, 2.75) is 6.42 Å². The Labute approximate surface area is 131 Å². The molecule has 0 fully saturated rings. The number of hydrogen-bond acceptors (Lipinski definition) is 2. The van der Waals surface area contributed by atoms with E-state index in [1.807, 2.05) is 0 Å². The Bertz CT molecular complexity index is 701. The van der Waals surface area contributed by atoms with Gasteiger partial charge < -0.3 is 10.4 Å². The number of hydrogen-bond donors (Lipinski definition) is 2. The van der Waals surface area contributed by atoms with Crippen LogP contribution >= 0.6 is 23.2 Å². The normalized spacial score (nSPS) is 10.2. The van der Waals surface area contributed by atoms with Gasteiger partial charge in [0.2, 0.25) is 5.91 Å². The lowest BCUT2D eigenvalue weighted by Crippen LogP contribution is -2.16. The monoisotopic (exact) mass is 323 g/mol. The summed E-state index contributed by atoms with van der Waals surface area (Å²) < 4.78 is 0. The number of anilines is 1. The van der Waals surface area contributed by atoms with Gasteiger partial charge in [-0.3, -0.25) is 4.79 Å². The van der Waals surface area contributed by atoms with Crippen molar-refractivity contribution in [1.82, 2.24) is 0 Å². The van der Waals surface area contributed by atoms with Crippen LogP contribution in [-0.2, 0) is 11.2 Å². The van der Waals surface area contributed by atoms with Gasteiger partial charge in [0.25, 0.3) is 0 Å². The molecule has 108 valence electrons. The standard InChI is InChI=1S/C15H11Cl2NO3/c16-12-6-5-10(8-13(12)17)18-14(19)7-9-3-1-2-4-11(9)15(20)21/h1-6,8H,7H2,(H,18,19)(H,20,21). The average molecular weight is 324 g/mol. The molecule has 6 heteroatoms. The van der Waals surface area contributed by atoms with E-state index in [1.165, 1.54) is 12.1 Å². The molecule has 0 aliphatic rings. The van der Waals surface area contributed by atoms with Gasteiger partial charge in [0.1, 0.15) is 0 Å². The minimum atomic E-state index is -1.06. The van der Waals surface area contributed by atoms with Gasteiger partial charge in [-0.2, -0.15) is 0 Å². The number of carbonyl (C=O) groups excluding carboxylic acids is 1. The molecule has 0 spiro atoms. The molecule has 0 saturated carbocycles. The maximum atomic E-state index is 12.0. The number of nitrogens with one attached hydrogen (secondary N) is 1. The summed E-state index contributed by atoms with van der Waals surface area (Å²) in [6, 6.07) is 11.1. The lowest BCUT2D eigenvalue weighted by Gasteiger charge is -2.08. The second-order valence-electron chi connectivity index (χ2n) is 4.32. The zero-order chi connectivity index (χ0) is 15.4. The fourth-order valence-electron chi connectivity index (χ4n) is 1.84. The van der Waals surface area contributed by atoms with Gasteiger partial charge in [-0.25, -0.2) is 4.79 Å². The van der Waals surface area contributed by atoms with Gasteiger partial charge in [0.05, 0.1) is 22.0 Å². The number of carbonyl (C=O) groups is 2. The lowest BCUT2D eigenvalue weighted by atomic mass is 10.0. The lowest BCUT2D eigenvalue weighted by molar-refractivity contribution is -0.115. The summed E-state index contributed by atoms with van der Waals surface area (Å²) in [7, 11) is 0. The van der Waals surface area contributed by atoms with Crippen molar-refractivity contribution in [3.8, 4) is 0 Å². The van der Waals surface area contributed by atoms with E-state index in [2.05, 4.69) is 5.32 Å². The molecule has 21 heavy (non-hydrogen) atoms.